The highest BCUT2D eigenvalue weighted by Gasteiger charge is 2.08. The first kappa shape index (κ1) is 13.6. The molecule has 1 heterocycles. The van der Waals surface area contributed by atoms with Crippen molar-refractivity contribution < 1.29 is 14.3 Å². The van der Waals surface area contributed by atoms with Crippen molar-refractivity contribution in [1.82, 2.24) is 4.98 Å². The maximum atomic E-state index is 11.2. The number of hydrogen-bond acceptors (Lipinski definition) is 5. The Labute approximate surface area is 119 Å². The molecule has 0 aliphatic heterocycles. The van der Waals surface area contributed by atoms with Crippen LogP contribution in [0.25, 0.3) is 0 Å². The van der Waals surface area contributed by atoms with Crippen LogP contribution in [0, 0.1) is 0 Å². The van der Waals surface area contributed by atoms with Crippen LogP contribution in [-0.4, -0.2) is 17.7 Å². The van der Waals surface area contributed by atoms with E-state index in [2.05, 4.69) is 10.3 Å². The fraction of sp³-hybridized carbons (Fsp3) is 0.167. The predicted octanol–water partition coefficient (Wildman–Crippen LogP) is 4.16. The van der Waals surface area contributed by atoms with Gasteiger partial charge in [-0.05, 0) is 25.1 Å². The Bertz CT molecular complexity index is 574. The lowest BCUT2D eigenvalue weighted by molar-refractivity contribution is 0.168. The van der Waals surface area contributed by atoms with Crippen molar-refractivity contribution >= 4 is 34.2 Å². The summed E-state index contributed by atoms with van der Waals surface area (Å²) in [6.07, 6.45) is 0.985. The molecule has 0 bridgehead atoms. The van der Waals surface area contributed by atoms with Gasteiger partial charge in [0.25, 0.3) is 0 Å². The largest absolute Gasteiger partial charge is 0.450 e. The molecule has 0 aliphatic rings. The second-order valence-corrected chi connectivity index (χ2v) is 4.82. The molecule has 1 aromatic carbocycles. The van der Waals surface area contributed by atoms with E-state index in [0.29, 0.717) is 27.6 Å². The van der Waals surface area contributed by atoms with E-state index in [4.69, 9.17) is 21.1 Å². The number of rotatable bonds is 4. The van der Waals surface area contributed by atoms with Gasteiger partial charge in [0, 0.05) is 5.02 Å². The molecule has 19 heavy (non-hydrogen) atoms. The second-order valence-electron chi connectivity index (χ2n) is 3.39. The van der Waals surface area contributed by atoms with Gasteiger partial charge in [-0.3, -0.25) is 5.32 Å². The van der Waals surface area contributed by atoms with Gasteiger partial charge < -0.3 is 9.47 Å². The van der Waals surface area contributed by atoms with Crippen LogP contribution in [0.4, 0.5) is 9.93 Å². The van der Waals surface area contributed by atoms with Gasteiger partial charge in [-0.1, -0.05) is 29.0 Å². The summed E-state index contributed by atoms with van der Waals surface area (Å²) >= 11 is 7.05. The third-order valence-corrected chi connectivity index (χ3v) is 3.01. The van der Waals surface area contributed by atoms with Crippen molar-refractivity contribution in [3.05, 3.63) is 35.5 Å². The maximum Gasteiger partial charge on any atom is 0.413 e. The quantitative estimate of drug-likeness (QED) is 0.921. The first-order valence-corrected chi connectivity index (χ1v) is 6.70. The van der Waals surface area contributed by atoms with Gasteiger partial charge in [0.15, 0.2) is 5.13 Å². The zero-order valence-electron chi connectivity index (χ0n) is 10.1. The number of carbonyl (C=O) groups excluding carboxylic acids is 1. The molecule has 0 radical (unpaired) electrons. The third kappa shape index (κ3) is 4.11. The number of halogens is 1. The van der Waals surface area contributed by atoms with Crippen molar-refractivity contribution in [2.75, 3.05) is 11.9 Å². The minimum absolute atomic E-state index is 0.309. The standard InChI is InChI=1S/C12H11ClN2O3S/c1-2-17-12(16)15-11-14-7-10(19-11)18-9-5-3-4-8(13)6-9/h3-7H,2H2,1H3,(H,14,15,16). The van der Waals surface area contributed by atoms with Crippen LogP contribution in [0.2, 0.25) is 5.02 Å². The lowest BCUT2D eigenvalue weighted by Gasteiger charge is -2.02. The third-order valence-electron chi connectivity index (χ3n) is 1.98. The van der Waals surface area contributed by atoms with Crippen LogP contribution < -0.4 is 10.1 Å². The Balaban J connectivity index is 1.99. The van der Waals surface area contributed by atoms with Gasteiger partial charge >= 0.3 is 6.09 Å². The molecule has 1 N–H and O–H groups in total. The van der Waals surface area contributed by atoms with Gasteiger partial charge in [-0.15, -0.1) is 0 Å². The molecule has 2 rings (SSSR count). The van der Waals surface area contributed by atoms with Crippen LogP contribution in [0.5, 0.6) is 10.8 Å². The van der Waals surface area contributed by atoms with E-state index >= 15 is 0 Å². The Morgan fingerprint density at radius 1 is 1.53 bits per heavy atom. The Kier molecular flexibility index (Phi) is 4.59. The summed E-state index contributed by atoms with van der Waals surface area (Å²) in [5.74, 6) is 0.610. The fourth-order valence-corrected chi connectivity index (χ4v) is 2.12. The van der Waals surface area contributed by atoms with E-state index in [9.17, 15) is 4.79 Å². The number of anilines is 1. The van der Waals surface area contributed by atoms with Gasteiger partial charge in [0.1, 0.15) is 5.75 Å². The maximum absolute atomic E-state index is 11.2. The molecule has 0 spiro atoms. The molecule has 1 amide bonds. The van der Waals surface area contributed by atoms with E-state index in [-0.39, 0.29) is 0 Å². The highest BCUT2D eigenvalue weighted by Crippen LogP contribution is 2.31. The van der Waals surface area contributed by atoms with Crippen molar-refractivity contribution in [2.24, 2.45) is 0 Å². The molecule has 0 atom stereocenters. The molecule has 100 valence electrons. The molecule has 0 aliphatic carbocycles. The van der Waals surface area contributed by atoms with E-state index in [0.717, 1.165) is 0 Å². The summed E-state index contributed by atoms with van der Waals surface area (Å²) in [6.45, 7) is 2.04. The average molecular weight is 299 g/mol. The molecular formula is C12H11ClN2O3S. The minimum Gasteiger partial charge on any atom is -0.450 e. The first-order valence-electron chi connectivity index (χ1n) is 5.50. The summed E-state index contributed by atoms with van der Waals surface area (Å²) in [7, 11) is 0. The van der Waals surface area contributed by atoms with E-state index in [1.165, 1.54) is 17.5 Å². The number of ether oxygens (including phenoxy) is 2. The minimum atomic E-state index is -0.536. The van der Waals surface area contributed by atoms with Crippen molar-refractivity contribution in [3.63, 3.8) is 0 Å². The number of amides is 1. The van der Waals surface area contributed by atoms with Crippen LogP contribution >= 0.6 is 22.9 Å². The molecular weight excluding hydrogens is 288 g/mol. The molecule has 2 aromatic rings. The molecule has 1 aromatic heterocycles. The molecule has 0 saturated heterocycles. The lowest BCUT2D eigenvalue weighted by Crippen LogP contribution is -2.12. The summed E-state index contributed by atoms with van der Waals surface area (Å²) in [6, 6.07) is 7.02. The molecule has 0 fully saturated rings. The summed E-state index contributed by atoms with van der Waals surface area (Å²) in [5.41, 5.74) is 0. The predicted molar refractivity (Wildman–Crippen MR) is 74.3 cm³/mol. The highest BCUT2D eigenvalue weighted by molar-refractivity contribution is 7.17. The van der Waals surface area contributed by atoms with Crippen molar-refractivity contribution in [2.45, 2.75) is 6.92 Å². The Morgan fingerprint density at radius 3 is 3.11 bits per heavy atom. The number of hydrogen-bond donors (Lipinski definition) is 1. The first-order chi connectivity index (χ1) is 9.17. The number of thiazole rings is 1. The van der Waals surface area contributed by atoms with Gasteiger partial charge in [-0.2, -0.15) is 0 Å². The zero-order chi connectivity index (χ0) is 13.7. The molecule has 0 saturated carbocycles. The Hall–Kier alpha value is -1.79. The molecule has 7 heteroatoms. The van der Waals surface area contributed by atoms with Crippen molar-refractivity contribution in [1.29, 1.82) is 0 Å². The monoisotopic (exact) mass is 298 g/mol. The van der Waals surface area contributed by atoms with Crippen LogP contribution in [0.3, 0.4) is 0 Å². The fourth-order valence-electron chi connectivity index (χ4n) is 1.27. The molecule has 5 nitrogen and oxygen atoms in total. The summed E-state index contributed by atoms with van der Waals surface area (Å²) in [4.78, 5) is 15.2. The SMILES string of the molecule is CCOC(=O)Nc1ncc(Oc2cccc(Cl)c2)s1. The second kappa shape index (κ2) is 6.40. The summed E-state index contributed by atoms with van der Waals surface area (Å²) < 4.78 is 10.3. The van der Waals surface area contributed by atoms with E-state index in [1.54, 1.807) is 31.2 Å². The average Bonchev–Trinajstić information content (AvgIpc) is 2.76. The number of nitrogens with zero attached hydrogens (tertiary/aromatic N) is 1. The van der Waals surface area contributed by atoms with E-state index < -0.39 is 6.09 Å². The Morgan fingerprint density at radius 2 is 2.37 bits per heavy atom. The topological polar surface area (TPSA) is 60.5 Å². The van der Waals surface area contributed by atoms with Crippen LogP contribution in [0.15, 0.2) is 30.5 Å². The number of aromatic nitrogens is 1. The zero-order valence-corrected chi connectivity index (χ0v) is 11.6. The number of carbonyl (C=O) groups is 1. The number of benzene rings is 1. The van der Waals surface area contributed by atoms with Crippen molar-refractivity contribution in [3.8, 4) is 10.8 Å². The smallest absolute Gasteiger partial charge is 0.413 e. The van der Waals surface area contributed by atoms with Gasteiger partial charge in [-0.25, -0.2) is 9.78 Å². The molecule has 0 unspecified atom stereocenters. The lowest BCUT2D eigenvalue weighted by atomic mass is 10.3. The normalized spacial score (nSPS) is 10.0. The summed E-state index contributed by atoms with van der Waals surface area (Å²) in [5, 5.41) is 4.05. The number of nitrogens with one attached hydrogen (secondary N) is 1. The highest BCUT2D eigenvalue weighted by atomic mass is 35.5. The van der Waals surface area contributed by atoms with Crippen LogP contribution in [0.1, 0.15) is 6.92 Å². The van der Waals surface area contributed by atoms with Gasteiger partial charge in [0.05, 0.1) is 12.8 Å². The van der Waals surface area contributed by atoms with Gasteiger partial charge in [0.2, 0.25) is 5.06 Å². The van der Waals surface area contributed by atoms with Crippen LogP contribution in [-0.2, 0) is 4.74 Å². The van der Waals surface area contributed by atoms with E-state index in [1.807, 2.05) is 0 Å².